The number of aryl methyl sites for hydroxylation is 1. The normalized spacial score (nSPS) is 13.9. The number of benzene rings is 7. The number of hydrogen-bond donors (Lipinski definition) is 0. The fraction of sp³-hybridized carbons (Fsp3) is 0.113. The van der Waals surface area contributed by atoms with Crippen molar-refractivity contribution in [2.24, 2.45) is 0 Å². The lowest BCUT2D eigenvalue weighted by molar-refractivity contribution is 0.483. The SMILES string of the molecule is [2H]c1cc(Oc2ccc3c4c([2H])c([2H])c([2H])c([2H])c4n(-c4cc(C(C)(C)C)ccn4)c3c2)cc(N2CN(c3c(-c4ccccc4)cc(C)cc3-c3ccccc3)c3ccccc32)c1. The Hall–Kier alpha value is -7.11. The van der Waals surface area contributed by atoms with Crippen LogP contribution in [0.4, 0.5) is 22.7 Å². The number of fused-ring (bicyclic) bond motifs is 4. The standard InChI is InChI=1S/C53H44N4O/c1-36-30-45(37-16-7-5-8-17-37)52(46(31-36)38-18-9-6-10-19-38)56-35-55(48-24-13-14-25-49(48)56)40-20-15-21-41(33-40)58-42-26-27-44-43-22-11-12-23-47(43)57(50(44)34-42)51-32-39(28-29-54-51)53(2,3)4/h5-34H,35H2,1-4H3/i11D,12D,15D,22D,23D. The van der Waals surface area contributed by atoms with E-state index >= 15 is 0 Å². The first-order valence-corrected chi connectivity index (χ1v) is 19.6. The molecule has 7 aromatic carbocycles. The average molecular weight is 758 g/mol. The molecule has 9 aromatic rings. The number of aromatic nitrogens is 2. The second kappa shape index (κ2) is 14.1. The Bertz CT molecular complexity index is 3190. The monoisotopic (exact) mass is 757 g/mol. The summed E-state index contributed by atoms with van der Waals surface area (Å²) in [5, 5.41) is 1.06. The molecule has 0 fully saturated rings. The Morgan fingerprint density at radius 3 is 1.97 bits per heavy atom. The topological polar surface area (TPSA) is 33.5 Å². The third kappa shape index (κ3) is 6.25. The van der Waals surface area contributed by atoms with E-state index < -0.39 is 0 Å². The second-order valence-electron chi connectivity index (χ2n) is 15.8. The number of nitrogens with zero attached hydrogens (tertiary/aromatic N) is 4. The van der Waals surface area contributed by atoms with Gasteiger partial charge in [-0.1, -0.05) is 118 Å². The van der Waals surface area contributed by atoms with Crippen molar-refractivity contribution < 1.29 is 11.6 Å². The predicted octanol–water partition coefficient (Wildman–Crippen LogP) is 14.2. The van der Waals surface area contributed by atoms with Crippen molar-refractivity contribution in [1.29, 1.82) is 0 Å². The molecule has 3 heterocycles. The molecule has 58 heavy (non-hydrogen) atoms. The van der Waals surface area contributed by atoms with Crippen LogP contribution in [0, 0.1) is 6.92 Å². The third-order valence-corrected chi connectivity index (χ3v) is 10.9. The van der Waals surface area contributed by atoms with Gasteiger partial charge < -0.3 is 14.5 Å². The van der Waals surface area contributed by atoms with Crippen LogP contribution in [0.5, 0.6) is 11.5 Å². The lowest BCUT2D eigenvalue weighted by Gasteiger charge is -2.28. The van der Waals surface area contributed by atoms with E-state index in [1.54, 1.807) is 12.3 Å². The summed E-state index contributed by atoms with van der Waals surface area (Å²) in [5.74, 6) is 1.49. The van der Waals surface area contributed by atoms with Gasteiger partial charge in [0.1, 0.15) is 24.0 Å². The highest BCUT2D eigenvalue weighted by molar-refractivity contribution is 6.09. The molecule has 2 aromatic heterocycles. The summed E-state index contributed by atoms with van der Waals surface area (Å²) in [6, 6.07) is 48.3. The summed E-state index contributed by atoms with van der Waals surface area (Å²) in [5.41, 5.74) is 11.4. The fourth-order valence-corrected chi connectivity index (χ4v) is 8.17. The van der Waals surface area contributed by atoms with Gasteiger partial charge in [0, 0.05) is 45.9 Å². The first kappa shape index (κ1) is 30.1. The van der Waals surface area contributed by atoms with Crippen molar-refractivity contribution in [2.45, 2.75) is 33.1 Å². The molecule has 5 heteroatoms. The van der Waals surface area contributed by atoms with Crippen LogP contribution in [0.15, 0.2) is 182 Å². The van der Waals surface area contributed by atoms with Gasteiger partial charge in [0.05, 0.1) is 34.9 Å². The molecule has 1 aliphatic rings. The maximum atomic E-state index is 9.03. The third-order valence-electron chi connectivity index (χ3n) is 10.9. The molecule has 0 aliphatic carbocycles. The van der Waals surface area contributed by atoms with Gasteiger partial charge in [-0.3, -0.25) is 4.57 Å². The first-order chi connectivity index (χ1) is 30.4. The fourth-order valence-electron chi connectivity index (χ4n) is 8.17. The lowest BCUT2D eigenvalue weighted by atomic mass is 9.88. The van der Waals surface area contributed by atoms with Gasteiger partial charge in [-0.2, -0.15) is 0 Å². The molecule has 0 bridgehead atoms. The second-order valence-corrected chi connectivity index (χ2v) is 15.8. The predicted molar refractivity (Wildman–Crippen MR) is 241 cm³/mol. The van der Waals surface area contributed by atoms with E-state index in [2.05, 4.69) is 116 Å². The molecular formula is C53H44N4O. The molecule has 5 nitrogen and oxygen atoms in total. The Morgan fingerprint density at radius 2 is 1.26 bits per heavy atom. The van der Waals surface area contributed by atoms with E-state index in [4.69, 9.17) is 16.6 Å². The Morgan fingerprint density at radius 1 is 0.603 bits per heavy atom. The van der Waals surface area contributed by atoms with Crippen molar-refractivity contribution in [2.75, 3.05) is 16.5 Å². The molecule has 0 atom stereocenters. The zero-order chi connectivity index (χ0) is 43.7. The summed E-state index contributed by atoms with van der Waals surface area (Å²) in [7, 11) is 0. The summed E-state index contributed by atoms with van der Waals surface area (Å²) >= 11 is 0. The number of para-hydroxylation sites is 3. The van der Waals surface area contributed by atoms with Gasteiger partial charge in [0.2, 0.25) is 0 Å². The first-order valence-electron chi connectivity index (χ1n) is 22.1. The lowest BCUT2D eigenvalue weighted by Crippen LogP contribution is -2.25. The number of rotatable bonds is 7. The van der Waals surface area contributed by atoms with E-state index in [0.717, 1.165) is 50.6 Å². The highest BCUT2D eigenvalue weighted by atomic mass is 16.5. The quantitative estimate of drug-likeness (QED) is 0.162. The molecule has 0 N–H and O–H groups in total. The Balaban J connectivity index is 1.08. The maximum Gasteiger partial charge on any atom is 0.137 e. The Labute approximate surface area is 347 Å². The van der Waals surface area contributed by atoms with Gasteiger partial charge in [0.15, 0.2) is 0 Å². The molecule has 0 saturated carbocycles. The van der Waals surface area contributed by atoms with Crippen molar-refractivity contribution in [1.82, 2.24) is 9.55 Å². The van der Waals surface area contributed by atoms with Crippen LogP contribution in [0.3, 0.4) is 0 Å². The highest BCUT2D eigenvalue weighted by Gasteiger charge is 2.31. The van der Waals surface area contributed by atoms with Crippen LogP contribution in [-0.2, 0) is 5.41 Å². The maximum absolute atomic E-state index is 9.03. The molecular weight excluding hydrogens is 709 g/mol. The largest absolute Gasteiger partial charge is 0.457 e. The van der Waals surface area contributed by atoms with Gasteiger partial charge >= 0.3 is 0 Å². The molecule has 0 spiro atoms. The summed E-state index contributed by atoms with van der Waals surface area (Å²) in [6.07, 6.45) is 1.74. The average Bonchev–Trinajstić information content (AvgIpc) is 3.84. The minimum Gasteiger partial charge on any atom is -0.457 e. The van der Waals surface area contributed by atoms with Crippen LogP contribution in [0.2, 0.25) is 0 Å². The summed E-state index contributed by atoms with van der Waals surface area (Å²) < 4.78 is 52.5. The van der Waals surface area contributed by atoms with Gasteiger partial charge in [-0.25, -0.2) is 4.98 Å². The van der Waals surface area contributed by atoms with Crippen LogP contribution in [0.25, 0.3) is 49.9 Å². The number of ether oxygens (including phenoxy) is 1. The number of pyridine rings is 1. The van der Waals surface area contributed by atoms with E-state index in [1.807, 2.05) is 65.2 Å². The van der Waals surface area contributed by atoms with E-state index in [0.29, 0.717) is 45.8 Å². The summed E-state index contributed by atoms with van der Waals surface area (Å²) in [6.45, 7) is 8.99. The van der Waals surface area contributed by atoms with E-state index in [9.17, 15) is 0 Å². The molecule has 282 valence electrons. The smallest absolute Gasteiger partial charge is 0.137 e. The zero-order valence-electron chi connectivity index (χ0n) is 37.8. The number of anilines is 4. The van der Waals surface area contributed by atoms with Crippen molar-refractivity contribution >= 4 is 44.6 Å². The van der Waals surface area contributed by atoms with Crippen molar-refractivity contribution in [3.63, 3.8) is 0 Å². The van der Waals surface area contributed by atoms with Crippen LogP contribution in [0.1, 0.15) is 38.8 Å². The van der Waals surface area contributed by atoms with Crippen LogP contribution in [-0.4, -0.2) is 16.2 Å². The summed E-state index contributed by atoms with van der Waals surface area (Å²) in [4.78, 5) is 9.33. The van der Waals surface area contributed by atoms with Crippen LogP contribution >= 0.6 is 0 Å². The Kier molecular flexibility index (Phi) is 7.32. The number of hydrogen-bond acceptors (Lipinski definition) is 4. The van der Waals surface area contributed by atoms with E-state index in [-0.39, 0.29) is 35.6 Å². The molecule has 0 amide bonds. The molecule has 1 aliphatic heterocycles. The molecule has 0 saturated heterocycles. The minimum atomic E-state index is -0.309. The van der Waals surface area contributed by atoms with Gasteiger partial charge in [-0.15, -0.1) is 0 Å². The zero-order valence-corrected chi connectivity index (χ0v) is 32.8. The van der Waals surface area contributed by atoms with Gasteiger partial charge in [-0.05, 0) is 101 Å². The minimum absolute atomic E-state index is 0.112. The molecule has 0 radical (unpaired) electrons. The molecule has 0 unspecified atom stereocenters. The van der Waals surface area contributed by atoms with Crippen LogP contribution < -0.4 is 14.5 Å². The van der Waals surface area contributed by atoms with E-state index in [1.165, 1.54) is 5.56 Å². The highest BCUT2D eigenvalue weighted by Crippen LogP contribution is 2.50. The van der Waals surface area contributed by atoms with Crippen molar-refractivity contribution in [3.05, 3.63) is 193 Å². The van der Waals surface area contributed by atoms with Crippen molar-refractivity contribution in [3.8, 4) is 39.6 Å². The molecule has 10 rings (SSSR count). The van der Waals surface area contributed by atoms with Gasteiger partial charge in [0.25, 0.3) is 0 Å².